The van der Waals surface area contributed by atoms with Crippen LogP contribution < -0.4 is 10.1 Å². The van der Waals surface area contributed by atoms with Gasteiger partial charge >= 0.3 is 0 Å². The van der Waals surface area contributed by atoms with Gasteiger partial charge in [0.1, 0.15) is 0 Å². The molecule has 4 rings (SSSR count). The summed E-state index contributed by atoms with van der Waals surface area (Å²) in [6, 6.07) is 19.8. The van der Waals surface area contributed by atoms with Gasteiger partial charge in [0.05, 0.1) is 11.1 Å². The Bertz CT molecular complexity index is 1240. The van der Waals surface area contributed by atoms with Gasteiger partial charge in [-0.2, -0.15) is 10.1 Å². The van der Waals surface area contributed by atoms with E-state index in [0.717, 1.165) is 33.5 Å². The van der Waals surface area contributed by atoms with Crippen LogP contribution in [0.4, 0.5) is 5.69 Å². The maximum Gasteiger partial charge on any atom is 0.265 e. The van der Waals surface area contributed by atoms with E-state index < -0.39 is 6.10 Å². The zero-order chi connectivity index (χ0) is 22.8. The summed E-state index contributed by atoms with van der Waals surface area (Å²) in [6.07, 6.45) is -0.720. The number of nitrogens with one attached hydrogen (secondary N) is 1. The molecular weight excluding hydrogens is 400 g/mol. The van der Waals surface area contributed by atoms with Crippen molar-refractivity contribution in [2.24, 2.45) is 7.05 Å². The average Bonchev–Trinajstić information content (AvgIpc) is 3.07. The van der Waals surface area contributed by atoms with Crippen LogP contribution in [0.1, 0.15) is 37.9 Å². The first-order valence-corrected chi connectivity index (χ1v) is 10.8. The fraction of sp³-hybridized carbons (Fsp3) is 0.269. The molecule has 1 amide bonds. The van der Waals surface area contributed by atoms with Crippen molar-refractivity contribution < 1.29 is 9.53 Å². The van der Waals surface area contributed by atoms with Gasteiger partial charge in [-0.25, -0.2) is 0 Å². The summed E-state index contributed by atoms with van der Waals surface area (Å²) in [5.74, 6) is 0.598. The van der Waals surface area contributed by atoms with Crippen LogP contribution in [-0.2, 0) is 11.8 Å². The van der Waals surface area contributed by atoms with Crippen LogP contribution in [0.3, 0.4) is 0 Å². The minimum absolute atomic E-state index is 0.230. The first kappa shape index (κ1) is 21.6. The highest BCUT2D eigenvalue weighted by Crippen LogP contribution is 2.33. The van der Waals surface area contributed by atoms with Gasteiger partial charge in [-0.05, 0) is 48.6 Å². The van der Waals surface area contributed by atoms with E-state index >= 15 is 0 Å². The first-order chi connectivity index (χ1) is 15.3. The molecule has 2 heterocycles. The zero-order valence-electron chi connectivity index (χ0n) is 19.1. The van der Waals surface area contributed by atoms with E-state index in [2.05, 4.69) is 29.2 Å². The Morgan fingerprint density at radius 2 is 1.72 bits per heavy atom. The lowest BCUT2D eigenvalue weighted by Crippen LogP contribution is -2.30. The summed E-state index contributed by atoms with van der Waals surface area (Å²) in [4.78, 5) is 17.4. The monoisotopic (exact) mass is 428 g/mol. The minimum atomic E-state index is -0.720. The molecule has 0 aliphatic heterocycles. The van der Waals surface area contributed by atoms with Crippen LogP contribution in [0.25, 0.3) is 22.2 Å². The third-order valence-electron chi connectivity index (χ3n) is 5.54. The number of carbonyl (C=O) groups is 1. The van der Waals surface area contributed by atoms with E-state index in [9.17, 15) is 4.79 Å². The molecule has 0 radical (unpaired) electrons. The summed E-state index contributed by atoms with van der Waals surface area (Å²) in [5.41, 5.74) is 5.61. The van der Waals surface area contributed by atoms with Crippen molar-refractivity contribution >= 4 is 22.6 Å². The standard InChI is InChI=1S/C26H28N4O2/c1-16(2)19-11-13-21(14-12-19)27-26(31)18(4)32-23-15-22(20-9-7-6-8-10-20)24-17(3)29-30(5)25(24)28-23/h6-16,18H,1-5H3,(H,27,31)/t18-/m1/s1. The fourth-order valence-corrected chi connectivity index (χ4v) is 3.76. The van der Waals surface area contributed by atoms with Crippen molar-refractivity contribution in [2.45, 2.75) is 39.7 Å². The van der Waals surface area contributed by atoms with Gasteiger partial charge in [-0.3, -0.25) is 9.48 Å². The van der Waals surface area contributed by atoms with Crippen LogP contribution in [0.15, 0.2) is 60.7 Å². The Kier molecular flexibility index (Phi) is 5.95. The molecule has 0 saturated carbocycles. The predicted molar refractivity (Wildman–Crippen MR) is 128 cm³/mol. The highest BCUT2D eigenvalue weighted by molar-refractivity contribution is 5.96. The second-order valence-electron chi connectivity index (χ2n) is 8.31. The lowest BCUT2D eigenvalue weighted by atomic mass is 10.0. The molecule has 0 aliphatic rings. The lowest BCUT2D eigenvalue weighted by molar-refractivity contribution is -0.122. The second-order valence-corrected chi connectivity index (χ2v) is 8.31. The maximum absolute atomic E-state index is 12.7. The largest absolute Gasteiger partial charge is 0.464 e. The highest BCUT2D eigenvalue weighted by atomic mass is 16.5. The molecule has 2 aromatic carbocycles. The molecule has 0 aliphatic carbocycles. The number of aryl methyl sites for hydroxylation is 2. The third kappa shape index (κ3) is 4.35. The summed E-state index contributed by atoms with van der Waals surface area (Å²) in [5, 5.41) is 8.42. The number of anilines is 1. The fourth-order valence-electron chi connectivity index (χ4n) is 3.76. The Balaban J connectivity index is 1.59. The van der Waals surface area contributed by atoms with Crippen molar-refractivity contribution in [1.82, 2.24) is 14.8 Å². The smallest absolute Gasteiger partial charge is 0.265 e. The topological polar surface area (TPSA) is 69.0 Å². The number of hydrogen-bond acceptors (Lipinski definition) is 4. The number of aromatic nitrogens is 3. The Morgan fingerprint density at radius 3 is 2.38 bits per heavy atom. The first-order valence-electron chi connectivity index (χ1n) is 10.8. The number of fused-ring (bicyclic) bond motifs is 1. The van der Waals surface area contributed by atoms with Gasteiger partial charge in [0.15, 0.2) is 11.8 Å². The van der Waals surface area contributed by atoms with Crippen LogP contribution in [0.2, 0.25) is 0 Å². The number of carbonyl (C=O) groups excluding carboxylic acids is 1. The molecule has 2 aromatic heterocycles. The van der Waals surface area contributed by atoms with Crippen molar-refractivity contribution in [1.29, 1.82) is 0 Å². The van der Waals surface area contributed by atoms with Gasteiger partial charge < -0.3 is 10.1 Å². The molecule has 0 unspecified atom stereocenters. The molecule has 4 aromatic rings. The van der Waals surface area contributed by atoms with E-state index in [1.165, 1.54) is 5.56 Å². The number of pyridine rings is 1. The van der Waals surface area contributed by atoms with E-state index in [0.29, 0.717) is 11.8 Å². The van der Waals surface area contributed by atoms with E-state index in [1.807, 2.05) is 74.6 Å². The number of ether oxygens (including phenoxy) is 1. The van der Waals surface area contributed by atoms with Crippen LogP contribution >= 0.6 is 0 Å². The SMILES string of the molecule is Cc1nn(C)c2nc(O[C@H](C)C(=O)Nc3ccc(C(C)C)cc3)cc(-c3ccccc3)c12. The zero-order valence-corrected chi connectivity index (χ0v) is 19.1. The number of nitrogens with zero attached hydrogens (tertiary/aromatic N) is 3. The van der Waals surface area contributed by atoms with Crippen molar-refractivity contribution in [3.63, 3.8) is 0 Å². The Hall–Kier alpha value is -3.67. The number of amides is 1. The van der Waals surface area contributed by atoms with Crippen molar-refractivity contribution in [2.75, 3.05) is 5.32 Å². The van der Waals surface area contributed by atoms with Crippen LogP contribution in [-0.4, -0.2) is 26.8 Å². The van der Waals surface area contributed by atoms with Crippen molar-refractivity contribution in [3.05, 3.63) is 71.9 Å². The molecule has 32 heavy (non-hydrogen) atoms. The molecule has 6 nitrogen and oxygen atoms in total. The minimum Gasteiger partial charge on any atom is -0.464 e. The van der Waals surface area contributed by atoms with E-state index in [4.69, 9.17) is 4.74 Å². The van der Waals surface area contributed by atoms with E-state index in [-0.39, 0.29) is 5.91 Å². The molecule has 0 bridgehead atoms. The Labute approximate surface area is 188 Å². The molecular formula is C26H28N4O2. The molecule has 164 valence electrons. The number of benzene rings is 2. The summed E-state index contributed by atoms with van der Waals surface area (Å²) in [6.45, 7) is 7.97. The number of hydrogen-bond donors (Lipinski definition) is 1. The number of rotatable bonds is 6. The van der Waals surface area contributed by atoms with Gasteiger partial charge in [0.2, 0.25) is 5.88 Å². The molecule has 1 N–H and O–H groups in total. The lowest BCUT2D eigenvalue weighted by Gasteiger charge is -2.16. The van der Waals surface area contributed by atoms with Crippen LogP contribution in [0, 0.1) is 6.92 Å². The molecule has 6 heteroatoms. The predicted octanol–water partition coefficient (Wildman–Crippen LogP) is 5.47. The molecule has 0 fully saturated rings. The Morgan fingerprint density at radius 1 is 1.03 bits per heavy atom. The third-order valence-corrected chi connectivity index (χ3v) is 5.54. The molecule has 0 saturated heterocycles. The maximum atomic E-state index is 12.7. The normalized spacial score (nSPS) is 12.2. The summed E-state index contributed by atoms with van der Waals surface area (Å²) in [7, 11) is 1.86. The van der Waals surface area contributed by atoms with Gasteiger partial charge in [0, 0.05) is 18.8 Å². The summed E-state index contributed by atoms with van der Waals surface area (Å²) < 4.78 is 7.72. The quantitative estimate of drug-likeness (QED) is 0.442. The van der Waals surface area contributed by atoms with Gasteiger partial charge in [-0.1, -0.05) is 56.3 Å². The highest BCUT2D eigenvalue weighted by Gasteiger charge is 2.20. The van der Waals surface area contributed by atoms with Gasteiger partial charge in [0.25, 0.3) is 5.91 Å². The van der Waals surface area contributed by atoms with Crippen molar-refractivity contribution in [3.8, 4) is 17.0 Å². The molecule has 0 spiro atoms. The van der Waals surface area contributed by atoms with Crippen LogP contribution in [0.5, 0.6) is 5.88 Å². The second kappa shape index (κ2) is 8.83. The molecule has 1 atom stereocenters. The van der Waals surface area contributed by atoms with E-state index in [1.54, 1.807) is 11.6 Å². The summed E-state index contributed by atoms with van der Waals surface area (Å²) >= 11 is 0. The average molecular weight is 429 g/mol. The van der Waals surface area contributed by atoms with Gasteiger partial charge in [-0.15, -0.1) is 0 Å².